The van der Waals surface area contributed by atoms with Crippen molar-refractivity contribution in [2.75, 3.05) is 14.2 Å². The molecule has 2 heterocycles. The molecule has 2 aromatic rings. The molecule has 0 aromatic carbocycles. The maximum atomic E-state index is 14.4. The van der Waals surface area contributed by atoms with Gasteiger partial charge < -0.3 is 9.47 Å². The van der Waals surface area contributed by atoms with Gasteiger partial charge in [0.2, 0.25) is 0 Å². The number of nitrogens with zero attached hydrogens (tertiary/aromatic N) is 4. The predicted molar refractivity (Wildman–Crippen MR) is 158 cm³/mol. The van der Waals surface area contributed by atoms with Crippen LogP contribution in [0, 0.1) is 10.8 Å². The van der Waals surface area contributed by atoms with Crippen LogP contribution in [-0.2, 0) is 55.3 Å². The van der Waals surface area contributed by atoms with Crippen molar-refractivity contribution in [1.82, 2.24) is 19.6 Å². The Kier molecular flexibility index (Phi) is 6.70. The summed E-state index contributed by atoms with van der Waals surface area (Å²) in [5.74, 6) is -0.101. The summed E-state index contributed by atoms with van der Waals surface area (Å²) < 4.78 is 42.4. The summed E-state index contributed by atoms with van der Waals surface area (Å²) in [5.41, 5.74) is 0.778. The summed E-state index contributed by atoms with van der Waals surface area (Å²) in [7, 11) is 6.74. The molecule has 8 fully saturated rings. The molecule has 10 rings (SSSR count). The lowest BCUT2D eigenvalue weighted by atomic mass is 9.52. The van der Waals surface area contributed by atoms with Gasteiger partial charge in [-0.15, -0.1) is 0 Å². The van der Waals surface area contributed by atoms with Crippen LogP contribution in [0.5, 0.6) is 0 Å². The van der Waals surface area contributed by atoms with Gasteiger partial charge in [-0.1, -0.05) is 0 Å². The zero-order valence-corrected chi connectivity index (χ0v) is 26.6. The maximum Gasteiger partial charge on any atom is 0.311 e. The predicted octanol–water partition coefficient (Wildman–Crippen LogP) is 6.29. The first kappa shape index (κ1) is 29.9. The second-order valence-corrected chi connectivity index (χ2v) is 15.1. The minimum Gasteiger partial charge on any atom is -0.469 e. The number of esters is 2. The van der Waals surface area contributed by atoms with E-state index in [1.807, 2.05) is 30.9 Å². The van der Waals surface area contributed by atoms with E-state index in [1.165, 1.54) is 14.2 Å². The van der Waals surface area contributed by atoms with E-state index in [1.54, 1.807) is 4.68 Å². The van der Waals surface area contributed by atoms with Crippen molar-refractivity contribution in [3.63, 3.8) is 0 Å². The molecule has 8 aliphatic rings. The van der Waals surface area contributed by atoms with Gasteiger partial charge in [0.25, 0.3) is 0 Å². The van der Waals surface area contributed by atoms with Crippen molar-refractivity contribution in [1.29, 1.82) is 0 Å². The Morgan fingerprint density at radius 2 is 0.977 bits per heavy atom. The fraction of sp³-hybridized carbons (Fsp3) is 0.765. The van der Waals surface area contributed by atoms with E-state index in [9.17, 15) is 18.4 Å². The average molecular weight is 613 g/mol. The largest absolute Gasteiger partial charge is 0.469 e. The number of carbonyl (C=O) groups is 2. The van der Waals surface area contributed by atoms with Crippen LogP contribution in [0.15, 0.2) is 12.1 Å². The topological polar surface area (TPSA) is 88.2 Å². The highest BCUT2D eigenvalue weighted by atomic mass is 19.1. The zero-order chi connectivity index (χ0) is 31.2. The molecule has 8 nitrogen and oxygen atoms in total. The lowest BCUT2D eigenvalue weighted by Gasteiger charge is -2.51. The standard InChI is InChI=1S/2C17H23FN2O2/c1-20-13(11-12(19-20)17(18)9-10-17)15-3-6-16(7-4-15,8-5-15)14(21)22-2;1-20-13(17(18)9-10-17)11-12(19-20)15-3-6-16(7-4-15,8-5-15)14(21)22-2/h2*11H,3-10H2,1-2H3. The number of rotatable bonds is 6. The van der Waals surface area contributed by atoms with Crippen molar-refractivity contribution in [2.24, 2.45) is 24.9 Å². The molecule has 240 valence electrons. The van der Waals surface area contributed by atoms with Crippen LogP contribution in [-0.4, -0.2) is 45.7 Å². The number of methoxy groups -OCH3 is 2. The number of hydrogen-bond acceptors (Lipinski definition) is 6. The Bertz CT molecular complexity index is 1440. The highest BCUT2D eigenvalue weighted by Gasteiger charge is 2.57. The van der Waals surface area contributed by atoms with Gasteiger partial charge in [0.15, 0.2) is 11.3 Å². The molecule has 44 heavy (non-hydrogen) atoms. The molecular formula is C34H46F2N4O4. The number of aryl methyl sites for hydroxylation is 2. The highest BCUT2D eigenvalue weighted by molar-refractivity contribution is 5.78. The molecule has 8 aliphatic carbocycles. The lowest BCUT2D eigenvalue weighted by Crippen LogP contribution is -2.49. The van der Waals surface area contributed by atoms with Gasteiger partial charge in [-0.3, -0.25) is 19.0 Å². The van der Waals surface area contributed by atoms with Crippen LogP contribution in [0.2, 0.25) is 0 Å². The van der Waals surface area contributed by atoms with Gasteiger partial charge in [-0.05, 0) is 115 Å². The average Bonchev–Trinajstić information content (AvgIpc) is 3.90. The number of fused-ring (bicyclic) bond motifs is 6. The van der Waals surface area contributed by atoms with Crippen LogP contribution in [0.1, 0.15) is 126 Å². The second-order valence-electron chi connectivity index (χ2n) is 15.1. The molecule has 0 amide bonds. The molecule has 0 unspecified atom stereocenters. The molecule has 0 N–H and O–H groups in total. The van der Waals surface area contributed by atoms with Gasteiger partial charge in [0.1, 0.15) is 0 Å². The smallest absolute Gasteiger partial charge is 0.311 e. The molecule has 0 atom stereocenters. The molecule has 0 spiro atoms. The first-order valence-corrected chi connectivity index (χ1v) is 16.5. The summed E-state index contributed by atoms with van der Waals surface area (Å²) in [6, 6.07) is 3.98. The highest BCUT2D eigenvalue weighted by Crippen LogP contribution is 2.60. The Labute approximate surface area is 258 Å². The summed E-state index contributed by atoms with van der Waals surface area (Å²) in [6.07, 6.45) is 13.4. The van der Waals surface area contributed by atoms with E-state index in [2.05, 4.69) is 10.2 Å². The Hall–Kier alpha value is -2.78. The van der Waals surface area contributed by atoms with Gasteiger partial charge >= 0.3 is 11.9 Å². The quantitative estimate of drug-likeness (QED) is 0.357. The number of aromatic nitrogens is 4. The van der Waals surface area contributed by atoms with Gasteiger partial charge in [0.05, 0.1) is 42.1 Å². The van der Waals surface area contributed by atoms with E-state index in [0.717, 1.165) is 94.1 Å². The normalized spacial score (nSPS) is 35.4. The number of carbonyl (C=O) groups excluding carboxylic acids is 2. The summed E-state index contributed by atoms with van der Waals surface area (Å²) >= 11 is 0. The fourth-order valence-corrected chi connectivity index (χ4v) is 9.25. The second kappa shape index (κ2) is 9.86. The van der Waals surface area contributed by atoms with Crippen LogP contribution in [0.3, 0.4) is 0 Å². The van der Waals surface area contributed by atoms with Crippen LogP contribution < -0.4 is 0 Å². The number of halogens is 2. The van der Waals surface area contributed by atoms with Crippen molar-refractivity contribution in [2.45, 2.75) is 125 Å². The van der Waals surface area contributed by atoms with Crippen molar-refractivity contribution in [3.05, 3.63) is 34.9 Å². The molecular weight excluding hydrogens is 566 g/mol. The monoisotopic (exact) mass is 612 g/mol. The summed E-state index contributed by atoms with van der Waals surface area (Å²) in [6.45, 7) is 0. The minimum atomic E-state index is -1.17. The first-order chi connectivity index (χ1) is 20.9. The molecule has 10 heteroatoms. The number of alkyl halides is 2. The number of ether oxygens (including phenoxy) is 2. The minimum absolute atomic E-state index is 0.0387. The Morgan fingerprint density at radius 3 is 1.41 bits per heavy atom. The van der Waals surface area contributed by atoms with Crippen molar-refractivity contribution in [3.8, 4) is 0 Å². The fourth-order valence-electron chi connectivity index (χ4n) is 9.25. The Morgan fingerprint density at radius 1 is 0.591 bits per heavy atom. The molecule has 4 bridgehead atoms. The van der Waals surface area contributed by atoms with E-state index in [4.69, 9.17) is 9.47 Å². The van der Waals surface area contributed by atoms with E-state index >= 15 is 0 Å². The zero-order valence-electron chi connectivity index (χ0n) is 26.6. The van der Waals surface area contributed by atoms with Crippen LogP contribution in [0.4, 0.5) is 8.78 Å². The van der Waals surface area contributed by atoms with E-state index in [0.29, 0.717) is 31.4 Å². The summed E-state index contributed by atoms with van der Waals surface area (Å²) in [4.78, 5) is 24.2. The van der Waals surface area contributed by atoms with Gasteiger partial charge in [-0.25, -0.2) is 8.78 Å². The number of hydrogen-bond donors (Lipinski definition) is 0. The molecule has 0 aliphatic heterocycles. The Balaban J connectivity index is 0.000000142. The first-order valence-electron chi connectivity index (χ1n) is 16.5. The maximum absolute atomic E-state index is 14.4. The molecule has 0 radical (unpaired) electrons. The third-order valence-electron chi connectivity index (χ3n) is 12.9. The SMILES string of the molecule is COC(=O)C12CCC(c3cc(C4(F)CC4)n(C)n3)(CC1)CC2.COC(=O)C12CCC(c3cc(C4(F)CC4)nn3C)(CC1)CC2. The van der Waals surface area contributed by atoms with E-state index < -0.39 is 11.3 Å². The van der Waals surface area contributed by atoms with E-state index in [-0.39, 0.29) is 33.6 Å². The summed E-state index contributed by atoms with van der Waals surface area (Å²) in [5, 5.41) is 9.11. The molecule has 0 saturated heterocycles. The lowest BCUT2D eigenvalue weighted by molar-refractivity contribution is -0.161. The van der Waals surface area contributed by atoms with Crippen molar-refractivity contribution >= 4 is 11.9 Å². The third-order valence-corrected chi connectivity index (χ3v) is 12.9. The van der Waals surface area contributed by atoms with Gasteiger partial charge in [0, 0.05) is 30.6 Å². The van der Waals surface area contributed by atoms with Crippen LogP contribution in [0.25, 0.3) is 0 Å². The molecule has 8 saturated carbocycles. The van der Waals surface area contributed by atoms with Crippen molar-refractivity contribution < 1.29 is 27.8 Å². The molecule has 2 aromatic heterocycles. The third kappa shape index (κ3) is 4.47. The van der Waals surface area contributed by atoms with Gasteiger partial charge in [-0.2, -0.15) is 10.2 Å². The van der Waals surface area contributed by atoms with Crippen LogP contribution >= 0.6 is 0 Å².